The number of rotatable bonds is 7. The normalized spacial score (nSPS) is 10.6. The third-order valence-corrected chi connectivity index (χ3v) is 4.20. The molecule has 140 valence electrons. The lowest BCUT2D eigenvalue weighted by Crippen LogP contribution is -2.26. The fourth-order valence-corrected chi connectivity index (χ4v) is 2.82. The van der Waals surface area contributed by atoms with Crippen LogP contribution in [0.3, 0.4) is 0 Å². The van der Waals surface area contributed by atoms with Crippen molar-refractivity contribution in [3.05, 3.63) is 59.8 Å². The molecule has 3 aromatic rings. The van der Waals surface area contributed by atoms with E-state index in [1.165, 1.54) is 7.11 Å². The minimum atomic E-state index is -0.275. The highest BCUT2D eigenvalue weighted by atomic mass is 16.5. The van der Waals surface area contributed by atoms with Gasteiger partial charge in [-0.3, -0.25) is 9.59 Å². The van der Waals surface area contributed by atoms with E-state index in [4.69, 9.17) is 10.5 Å². The molecule has 3 rings (SSSR count). The molecule has 27 heavy (non-hydrogen) atoms. The highest BCUT2D eigenvalue weighted by Gasteiger charge is 2.16. The number of amides is 2. The van der Waals surface area contributed by atoms with E-state index >= 15 is 0 Å². The number of para-hydroxylation sites is 1. The first-order valence-corrected chi connectivity index (χ1v) is 8.68. The van der Waals surface area contributed by atoms with E-state index in [1.807, 2.05) is 24.3 Å². The molecule has 0 spiro atoms. The third-order valence-electron chi connectivity index (χ3n) is 4.20. The van der Waals surface area contributed by atoms with Crippen LogP contribution in [0.1, 0.15) is 27.1 Å². The van der Waals surface area contributed by atoms with Crippen LogP contribution < -0.4 is 21.1 Å². The Morgan fingerprint density at radius 1 is 1.11 bits per heavy atom. The van der Waals surface area contributed by atoms with Gasteiger partial charge in [0, 0.05) is 29.3 Å². The molecule has 0 radical (unpaired) electrons. The van der Waals surface area contributed by atoms with E-state index in [9.17, 15) is 9.59 Å². The van der Waals surface area contributed by atoms with Gasteiger partial charge in [-0.15, -0.1) is 0 Å². The lowest BCUT2D eigenvalue weighted by atomic mass is 10.1. The summed E-state index contributed by atoms with van der Waals surface area (Å²) >= 11 is 0. The zero-order chi connectivity index (χ0) is 19.2. The first-order chi connectivity index (χ1) is 13.1. The molecule has 0 aliphatic heterocycles. The fourth-order valence-electron chi connectivity index (χ4n) is 2.82. The Hall–Kier alpha value is -3.32. The monoisotopic (exact) mass is 366 g/mol. The minimum Gasteiger partial charge on any atom is -0.496 e. The third kappa shape index (κ3) is 4.09. The van der Waals surface area contributed by atoms with E-state index in [0.29, 0.717) is 42.1 Å². The van der Waals surface area contributed by atoms with Crippen molar-refractivity contribution in [2.75, 3.05) is 25.5 Å². The molecular formula is C20H22N4O3. The first kappa shape index (κ1) is 18.5. The van der Waals surface area contributed by atoms with E-state index in [1.54, 1.807) is 24.4 Å². The van der Waals surface area contributed by atoms with Crippen molar-refractivity contribution < 1.29 is 14.3 Å². The fraction of sp³-hybridized carbons (Fsp3) is 0.200. The molecule has 0 aliphatic rings. The van der Waals surface area contributed by atoms with Crippen LogP contribution in [0.5, 0.6) is 5.75 Å². The number of anilines is 1. The van der Waals surface area contributed by atoms with Gasteiger partial charge in [0.2, 0.25) is 0 Å². The molecule has 0 saturated heterocycles. The van der Waals surface area contributed by atoms with Gasteiger partial charge >= 0.3 is 0 Å². The zero-order valence-corrected chi connectivity index (χ0v) is 15.0. The lowest BCUT2D eigenvalue weighted by molar-refractivity contribution is 0.0949. The molecule has 0 aliphatic carbocycles. The molecule has 2 amide bonds. The molecular weight excluding hydrogens is 344 g/mol. The number of methoxy groups -OCH3 is 1. The summed E-state index contributed by atoms with van der Waals surface area (Å²) in [6, 6.07) is 12.5. The topological polar surface area (TPSA) is 109 Å². The van der Waals surface area contributed by atoms with Crippen molar-refractivity contribution in [1.82, 2.24) is 10.3 Å². The van der Waals surface area contributed by atoms with Crippen molar-refractivity contribution in [3.8, 4) is 5.75 Å². The van der Waals surface area contributed by atoms with Gasteiger partial charge in [-0.1, -0.05) is 18.2 Å². The minimum absolute atomic E-state index is 0.257. The van der Waals surface area contributed by atoms with Crippen molar-refractivity contribution in [1.29, 1.82) is 0 Å². The van der Waals surface area contributed by atoms with Gasteiger partial charge in [0.1, 0.15) is 5.75 Å². The number of hydrogen-bond donors (Lipinski definition) is 4. The molecule has 5 N–H and O–H groups in total. The number of ether oxygens (including phenoxy) is 1. The maximum atomic E-state index is 12.7. The van der Waals surface area contributed by atoms with E-state index in [-0.39, 0.29) is 11.8 Å². The number of nitrogens with one attached hydrogen (secondary N) is 3. The predicted octanol–water partition coefficient (Wildman–Crippen LogP) is 2.51. The molecule has 2 aromatic carbocycles. The van der Waals surface area contributed by atoms with E-state index in [2.05, 4.69) is 15.6 Å². The Labute approximate surface area is 156 Å². The molecule has 0 fully saturated rings. The van der Waals surface area contributed by atoms with Crippen molar-refractivity contribution >= 4 is 28.4 Å². The van der Waals surface area contributed by atoms with Crippen LogP contribution >= 0.6 is 0 Å². The number of H-pyrrole nitrogens is 1. The van der Waals surface area contributed by atoms with Gasteiger partial charge in [0.05, 0.1) is 18.2 Å². The van der Waals surface area contributed by atoms with Crippen molar-refractivity contribution in [2.24, 2.45) is 5.73 Å². The smallest absolute Gasteiger partial charge is 0.257 e. The number of carbonyl (C=O) groups excluding carboxylic acids is 2. The van der Waals surface area contributed by atoms with Crippen LogP contribution in [-0.2, 0) is 0 Å². The summed E-state index contributed by atoms with van der Waals surface area (Å²) in [6.45, 7) is 0.975. The maximum absolute atomic E-state index is 12.7. The lowest BCUT2D eigenvalue weighted by Gasteiger charge is -2.12. The summed E-state index contributed by atoms with van der Waals surface area (Å²) in [4.78, 5) is 28.1. The number of aromatic nitrogens is 1. The van der Waals surface area contributed by atoms with Crippen molar-refractivity contribution in [2.45, 2.75) is 6.42 Å². The largest absolute Gasteiger partial charge is 0.496 e. The molecule has 0 saturated carbocycles. The number of aromatic amines is 1. The van der Waals surface area contributed by atoms with Gasteiger partial charge in [-0.25, -0.2) is 0 Å². The number of carbonyl (C=O) groups is 2. The summed E-state index contributed by atoms with van der Waals surface area (Å²) < 4.78 is 5.26. The van der Waals surface area contributed by atoms with Crippen LogP contribution in [0.15, 0.2) is 48.7 Å². The first-order valence-electron chi connectivity index (χ1n) is 8.68. The Morgan fingerprint density at radius 2 is 1.93 bits per heavy atom. The SMILES string of the molecule is COc1ccc(NC(=O)c2c[nH]c3ccccc23)cc1C(=O)NCCCN. The molecule has 0 atom stereocenters. The summed E-state index contributed by atoms with van der Waals surface area (Å²) in [6.07, 6.45) is 2.36. The number of nitrogens with two attached hydrogens (primary N) is 1. The standard InChI is InChI=1S/C20H22N4O3/c1-27-18-8-7-13(11-15(18)19(25)22-10-4-9-21)24-20(26)16-12-23-17-6-3-2-5-14(16)17/h2-3,5-8,11-12,23H,4,9-10,21H2,1H3,(H,22,25)(H,24,26). The second-order valence-electron chi connectivity index (χ2n) is 6.02. The van der Waals surface area contributed by atoms with Crippen LogP contribution in [0, 0.1) is 0 Å². The molecule has 7 heteroatoms. The molecule has 1 heterocycles. The average Bonchev–Trinajstić information content (AvgIpc) is 3.12. The Morgan fingerprint density at radius 3 is 2.70 bits per heavy atom. The summed E-state index contributed by atoms with van der Waals surface area (Å²) in [5.41, 5.74) is 7.73. The summed E-state index contributed by atoms with van der Waals surface area (Å²) in [7, 11) is 1.50. The number of hydrogen-bond acceptors (Lipinski definition) is 4. The maximum Gasteiger partial charge on any atom is 0.257 e. The second-order valence-corrected chi connectivity index (χ2v) is 6.02. The van der Waals surface area contributed by atoms with Gasteiger partial charge in [0.15, 0.2) is 0 Å². The van der Waals surface area contributed by atoms with E-state index < -0.39 is 0 Å². The zero-order valence-electron chi connectivity index (χ0n) is 15.0. The number of fused-ring (bicyclic) bond motifs is 1. The van der Waals surface area contributed by atoms with Gasteiger partial charge in [-0.2, -0.15) is 0 Å². The Bertz CT molecular complexity index is 965. The van der Waals surface area contributed by atoms with Crippen LogP contribution in [0.25, 0.3) is 10.9 Å². The Balaban J connectivity index is 1.81. The molecule has 0 unspecified atom stereocenters. The second kappa shape index (κ2) is 8.37. The Kier molecular flexibility index (Phi) is 5.73. The molecule has 1 aromatic heterocycles. The van der Waals surface area contributed by atoms with Crippen LogP contribution in [0.2, 0.25) is 0 Å². The summed E-state index contributed by atoms with van der Waals surface area (Å²) in [5, 5.41) is 6.46. The number of benzene rings is 2. The average molecular weight is 366 g/mol. The van der Waals surface area contributed by atoms with Crippen LogP contribution in [-0.4, -0.2) is 37.0 Å². The molecule has 0 bridgehead atoms. The van der Waals surface area contributed by atoms with Crippen LogP contribution in [0.4, 0.5) is 5.69 Å². The van der Waals surface area contributed by atoms with Crippen molar-refractivity contribution in [3.63, 3.8) is 0 Å². The van der Waals surface area contributed by atoms with Gasteiger partial charge < -0.3 is 26.1 Å². The molecule has 7 nitrogen and oxygen atoms in total. The van der Waals surface area contributed by atoms with Gasteiger partial charge in [0.25, 0.3) is 11.8 Å². The quantitative estimate of drug-likeness (QED) is 0.482. The highest BCUT2D eigenvalue weighted by Crippen LogP contribution is 2.24. The predicted molar refractivity (Wildman–Crippen MR) is 105 cm³/mol. The van der Waals surface area contributed by atoms with Gasteiger partial charge in [-0.05, 0) is 37.2 Å². The van der Waals surface area contributed by atoms with E-state index in [0.717, 1.165) is 10.9 Å². The summed E-state index contributed by atoms with van der Waals surface area (Å²) in [5.74, 6) is -0.0964. The highest BCUT2D eigenvalue weighted by molar-refractivity contribution is 6.13.